The van der Waals surface area contributed by atoms with Gasteiger partial charge in [-0.2, -0.15) is 0 Å². The van der Waals surface area contributed by atoms with Gasteiger partial charge in [0.25, 0.3) is 5.91 Å². The lowest BCUT2D eigenvalue weighted by atomic mass is 9.91. The molecular weight excluding hydrogens is 365 g/mol. The average Bonchev–Trinajstić information content (AvgIpc) is 2.82. The predicted molar refractivity (Wildman–Crippen MR) is 91.1 cm³/mol. The van der Waals surface area contributed by atoms with Crippen LogP contribution in [0.1, 0.15) is 12.5 Å². The molecule has 1 saturated heterocycles. The van der Waals surface area contributed by atoms with Gasteiger partial charge in [-0.1, -0.05) is 12.1 Å². The van der Waals surface area contributed by atoms with Gasteiger partial charge in [-0.05, 0) is 37.3 Å². The van der Waals surface area contributed by atoms with E-state index < -0.39 is 29.1 Å². The Kier molecular flexibility index (Phi) is 4.95. The van der Waals surface area contributed by atoms with E-state index in [4.69, 9.17) is 0 Å². The smallest absolute Gasteiger partial charge is 0.319 e. The fourth-order valence-corrected chi connectivity index (χ4v) is 3.65. The molecule has 0 bridgehead atoms. The predicted octanol–water partition coefficient (Wildman–Crippen LogP) is 3.66. The molecule has 1 heterocycles. The standard InChI is InChI=1S/C18H15F3N2O2S/c1-18(12-10-11(19)6-7-13(12)20)16(24)23(17(25)22-18)8-9-26-15-5-3-2-4-14(15)21/h2-7,10H,8-9H2,1H3,(H,22,25)/t18-/m0/s1. The number of thioether (sulfide) groups is 1. The molecule has 0 radical (unpaired) electrons. The second-order valence-corrected chi connectivity index (χ2v) is 7.05. The molecule has 1 N–H and O–H groups in total. The molecule has 3 amide bonds. The number of hydrogen-bond acceptors (Lipinski definition) is 3. The Hall–Kier alpha value is -2.48. The minimum Gasteiger partial charge on any atom is -0.319 e. The molecule has 0 unspecified atom stereocenters. The minimum absolute atomic E-state index is 0.0101. The summed E-state index contributed by atoms with van der Waals surface area (Å²) in [4.78, 5) is 26.2. The van der Waals surface area contributed by atoms with Crippen molar-refractivity contribution < 1.29 is 22.8 Å². The van der Waals surface area contributed by atoms with Crippen LogP contribution in [-0.4, -0.2) is 29.1 Å². The zero-order valence-corrected chi connectivity index (χ0v) is 14.6. The van der Waals surface area contributed by atoms with Gasteiger partial charge in [0.05, 0.1) is 0 Å². The summed E-state index contributed by atoms with van der Waals surface area (Å²) in [7, 11) is 0. The van der Waals surface area contributed by atoms with Crippen LogP contribution in [0.4, 0.5) is 18.0 Å². The first-order valence-corrected chi connectivity index (χ1v) is 8.78. The number of nitrogens with one attached hydrogen (secondary N) is 1. The molecule has 1 atom stereocenters. The highest BCUT2D eigenvalue weighted by molar-refractivity contribution is 7.99. The Balaban J connectivity index is 1.74. The molecular formula is C18H15F3N2O2S. The molecule has 0 spiro atoms. The lowest BCUT2D eigenvalue weighted by Crippen LogP contribution is -2.42. The highest BCUT2D eigenvalue weighted by atomic mass is 32.2. The topological polar surface area (TPSA) is 49.4 Å². The SMILES string of the molecule is C[C@@]1(c2cc(F)ccc2F)NC(=O)N(CCSc2ccccc2F)C1=O. The van der Waals surface area contributed by atoms with E-state index in [2.05, 4.69) is 5.32 Å². The van der Waals surface area contributed by atoms with Crippen molar-refractivity contribution in [1.29, 1.82) is 0 Å². The highest BCUT2D eigenvalue weighted by Crippen LogP contribution is 2.31. The van der Waals surface area contributed by atoms with Crippen molar-refractivity contribution in [3.63, 3.8) is 0 Å². The van der Waals surface area contributed by atoms with Crippen molar-refractivity contribution in [2.24, 2.45) is 0 Å². The largest absolute Gasteiger partial charge is 0.325 e. The molecule has 2 aromatic rings. The van der Waals surface area contributed by atoms with Gasteiger partial charge in [-0.15, -0.1) is 11.8 Å². The van der Waals surface area contributed by atoms with Gasteiger partial charge in [-0.3, -0.25) is 9.69 Å². The summed E-state index contributed by atoms with van der Waals surface area (Å²) in [5.41, 5.74) is -1.92. The molecule has 2 aromatic carbocycles. The Morgan fingerprint density at radius 1 is 1.08 bits per heavy atom. The normalized spacial score (nSPS) is 19.8. The maximum absolute atomic E-state index is 14.1. The van der Waals surface area contributed by atoms with E-state index in [9.17, 15) is 22.8 Å². The second kappa shape index (κ2) is 7.03. The number of nitrogens with zero attached hydrogens (tertiary/aromatic N) is 1. The summed E-state index contributed by atoms with van der Waals surface area (Å²) >= 11 is 1.16. The van der Waals surface area contributed by atoms with Crippen LogP contribution in [0.25, 0.3) is 0 Å². The van der Waals surface area contributed by atoms with Crippen LogP contribution in [0.2, 0.25) is 0 Å². The number of carbonyl (C=O) groups excluding carboxylic acids is 2. The fraction of sp³-hybridized carbons (Fsp3) is 0.222. The third-order valence-electron chi connectivity index (χ3n) is 4.15. The Morgan fingerprint density at radius 2 is 1.81 bits per heavy atom. The molecule has 136 valence electrons. The summed E-state index contributed by atoms with van der Waals surface area (Å²) in [5.74, 6) is -2.30. The van der Waals surface area contributed by atoms with E-state index in [-0.39, 0.29) is 23.7 Å². The summed E-state index contributed by atoms with van der Waals surface area (Å²) in [6.45, 7) is 1.34. The van der Waals surface area contributed by atoms with Crippen molar-refractivity contribution in [3.8, 4) is 0 Å². The number of amides is 3. The molecule has 1 fully saturated rings. The Labute approximate surface area is 152 Å². The third-order valence-corrected chi connectivity index (χ3v) is 5.18. The zero-order chi connectivity index (χ0) is 18.9. The average molecular weight is 380 g/mol. The first-order valence-electron chi connectivity index (χ1n) is 7.80. The molecule has 3 rings (SSSR count). The number of carbonyl (C=O) groups is 2. The first kappa shape index (κ1) is 18.3. The summed E-state index contributed by atoms with van der Waals surface area (Å²) in [6.07, 6.45) is 0. The van der Waals surface area contributed by atoms with Crippen LogP contribution in [0.5, 0.6) is 0 Å². The van der Waals surface area contributed by atoms with Crippen LogP contribution in [0.15, 0.2) is 47.4 Å². The minimum atomic E-state index is -1.69. The van der Waals surface area contributed by atoms with E-state index in [0.29, 0.717) is 4.90 Å². The second-order valence-electron chi connectivity index (χ2n) is 5.91. The van der Waals surface area contributed by atoms with Gasteiger partial charge >= 0.3 is 6.03 Å². The monoisotopic (exact) mass is 380 g/mol. The molecule has 0 saturated carbocycles. The van der Waals surface area contributed by atoms with Gasteiger partial charge in [0.15, 0.2) is 0 Å². The zero-order valence-electron chi connectivity index (χ0n) is 13.8. The number of hydrogen-bond donors (Lipinski definition) is 1. The van der Waals surface area contributed by atoms with Gasteiger partial charge in [0.2, 0.25) is 0 Å². The van der Waals surface area contributed by atoms with Crippen LogP contribution in [0.3, 0.4) is 0 Å². The summed E-state index contributed by atoms with van der Waals surface area (Å²) in [5, 5.41) is 2.42. The first-order chi connectivity index (χ1) is 12.3. The maximum atomic E-state index is 14.1. The van der Waals surface area contributed by atoms with Crippen LogP contribution >= 0.6 is 11.8 Å². The quantitative estimate of drug-likeness (QED) is 0.636. The maximum Gasteiger partial charge on any atom is 0.325 e. The van der Waals surface area contributed by atoms with E-state index in [1.807, 2.05) is 0 Å². The van der Waals surface area contributed by atoms with Gasteiger partial charge in [0.1, 0.15) is 23.0 Å². The number of imide groups is 1. The Bertz CT molecular complexity index is 877. The molecule has 0 aromatic heterocycles. The van der Waals surface area contributed by atoms with Crippen molar-refractivity contribution >= 4 is 23.7 Å². The highest BCUT2D eigenvalue weighted by Gasteiger charge is 2.50. The van der Waals surface area contributed by atoms with E-state index in [0.717, 1.165) is 34.9 Å². The van der Waals surface area contributed by atoms with Gasteiger partial charge in [-0.25, -0.2) is 18.0 Å². The van der Waals surface area contributed by atoms with Crippen LogP contribution in [-0.2, 0) is 10.3 Å². The number of rotatable bonds is 5. The summed E-state index contributed by atoms with van der Waals surface area (Å²) < 4.78 is 41.2. The molecule has 1 aliphatic heterocycles. The summed E-state index contributed by atoms with van der Waals surface area (Å²) in [6, 6.07) is 8.20. The Morgan fingerprint density at radius 3 is 2.54 bits per heavy atom. The van der Waals surface area contributed by atoms with Crippen molar-refractivity contribution in [3.05, 3.63) is 65.5 Å². The number of halogens is 3. The molecule has 0 aliphatic carbocycles. The lowest BCUT2D eigenvalue weighted by Gasteiger charge is -2.22. The van der Waals surface area contributed by atoms with Crippen molar-refractivity contribution in [2.45, 2.75) is 17.4 Å². The van der Waals surface area contributed by atoms with Crippen molar-refractivity contribution in [1.82, 2.24) is 10.2 Å². The van der Waals surface area contributed by atoms with Gasteiger partial charge in [0, 0.05) is 22.8 Å². The van der Waals surface area contributed by atoms with E-state index in [1.165, 1.54) is 13.0 Å². The third kappa shape index (κ3) is 3.29. The lowest BCUT2D eigenvalue weighted by molar-refractivity contribution is -0.130. The van der Waals surface area contributed by atoms with E-state index in [1.54, 1.807) is 18.2 Å². The molecule has 1 aliphatic rings. The van der Waals surface area contributed by atoms with Crippen LogP contribution < -0.4 is 5.32 Å². The van der Waals surface area contributed by atoms with Crippen molar-refractivity contribution in [2.75, 3.05) is 12.3 Å². The van der Waals surface area contributed by atoms with E-state index >= 15 is 0 Å². The molecule has 8 heteroatoms. The van der Waals surface area contributed by atoms with Gasteiger partial charge < -0.3 is 5.32 Å². The molecule has 4 nitrogen and oxygen atoms in total. The fourth-order valence-electron chi connectivity index (χ4n) is 2.77. The number of benzene rings is 2. The molecule has 26 heavy (non-hydrogen) atoms. The van der Waals surface area contributed by atoms with Crippen LogP contribution in [0, 0.1) is 17.5 Å². The number of urea groups is 1.